The Morgan fingerprint density at radius 1 is 1.08 bits per heavy atom. The molecule has 37 heavy (non-hydrogen) atoms. The van der Waals surface area contributed by atoms with E-state index >= 15 is 0 Å². The fraction of sp³-hybridized carbons (Fsp3) is 0.286. The zero-order valence-electron chi connectivity index (χ0n) is 21.5. The van der Waals surface area contributed by atoms with Crippen LogP contribution < -0.4 is 15.0 Å². The van der Waals surface area contributed by atoms with E-state index in [1.807, 2.05) is 38.1 Å². The number of hydrogen-bond acceptors (Lipinski definition) is 5. The minimum Gasteiger partial charge on any atom is -0.490 e. The summed E-state index contributed by atoms with van der Waals surface area (Å²) < 4.78 is 5.81. The molecule has 4 amide bonds. The van der Waals surface area contributed by atoms with Crippen molar-refractivity contribution in [1.29, 1.82) is 0 Å². The molecule has 2 heterocycles. The molecular weight excluding hydrogens is 472 g/mol. The van der Waals surface area contributed by atoms with Gasteiger partial charge in [-0.05, 0) is 48.7 Å². The predicted octanol–water partition coefficient (Wildman–Crippen LogP) is 3.07. The first-order valence-corrected chi connectivity index (χ1v) is 12.0. The summed E-state index contributed by atoms with van der Waals surface area (Å²) >= 11 is 0. The molecule has 0 saturated carbocycles. The van der Waals surface area contributed by atoms with Crippen molar-refractivity contribution < 1.29 is 23.9 Å². The lowest BCUT2D eigenvalue weighted by Gasteiger charge is -2.29. The van der Waals surface area contributed by atoms with Crippen molar-refractivity contribution in [3.8, 4) is 16.9 Å². The first kappa shape index (κ1) is 25.7. The third kappa shape index (κ3) is 4.72. The molecule has 2 aromatic carbocycles. The number of carbonyl (C=O) groups excluding carboxylic acids is 4. The molecule has 2 aromatic rings. The normalized spacial score (nSPS) is 14.0. The van der Waals surface area contributed by atoms with Gasteiger partial charge in [-0.15, -0.1) is 0 Å². The fourth-order valence-corrected chi connectivity index (χ4v) is 4.37. The summed E-state index contributed by atoms with van der Waals surface area (Å²) in [7, 11) is 1.62. The second-order valence-electron chi connectivity index (χ2n) is 9.31. The second kappa shape index (κ2) is 9.93. The molecule has 0 unspecified atom stereocenters. The zero-order valence-corrected chi connectivity index (χ0v) is 21.5. The SMILES string of the molecule is C=C(NC(=O)C(=C)N1Cc2c(cccc2-c2ccc3c(c2)OCCN3C(C)=O)C1=O)C(=O)N(C)C(C)C. The van der Waals surface area contributed by atoms with Crippen molar-refractivity contribution in [2.24, 2.45) is 0 Å². The number of hydrogen-bond donors (Lipinski definition) is 1. The Balaban J connectivity index is 1.56. The summed E-state index contributed by atoms with van der Waals surface area (Å²) in [5.74, 6) is -0.922. The molecule has 9 heteroatoms. The van der Waals surface area contributed by atoms with Gasteiger partial charge in [0.25, 0.3) is 17.7 Å². The Kier molecular flexibility index (Phi) is 6.89. The van der Waals surface area contributed by atoms with Gasteiger partial charge in [0.05, 0.1) is 24.5 Å². The number of ether oxygens (including phenoxy) is 1. The number of fused-ring (bicyclic) bond motifs is 2. The number of nitrogens with one attached hydrogen (secondary N) is 1. The number of rotatable bonds is 6. The summed E-state index contributed by atoms with van der Waals surface area (Å²) in [6.45, 7) is 13.7. The van der Waals surface area contributed by atoms with Crippen LogP contribution in [-0.2, 0) is 20.9 Å². The summed E-state index contributed by atoms with van der Waals surface area (Å²) in [6, 6.07) is 10.9. The topological polar surface area (TPSA) is 99.3 Å². The van der Waals surface area contributed by atoms with Gasteiger partial charge in [0.1, 0.15) is 18.1 Å². The van der Waals surface area contributed by atoms with E-state index in [-0.39, 0.29) is 35.8 Å². The zero-order chi connectivity index (χ0) is 27.0. The van der Waals surface area contributed by atoms with Crippen LogP contribution >= 0.6 is 0 Å². The molecule has 0 aliphatic carbocycles. The largest absolute Gasteiger partial charge is 0.490 e. The first-order valence-electron chi connectivity index (χ1n) is 12.0. The molecule has 0 fully saturated rings. The van der Waals surface area contributed by atoms with E-state index in [0.29, 0.717) is 30.2 Å². The monoisotopic (exact) mass is 502 g/mol. The summed E-state index contributed by atoms with van der Waals surface area (Å²) in [4.78, 5) is 54.9. The quantitative estimate of drug-likeness (QED) is 0.612. The molecule has 0 aromatic heterocycles. The van der Waals surface area contributed by atoms with E-state index in [1.54, 1.807) is 24.1 Å². The van der Waals surface area contributed by atoms with E-state index in [4.69, 9.17) is 4.74 Å². The number of amides is 4. The molecule has 1 N–H and O–H groups in total. The van der Waals surface area contributed by atoms with Gasteiger partial charge in [-0.1, -0.05) is 31.4 Å². The highest BCUT2D eigenvalue weighted by Gasteiger charge is 2.34. The van der Waals surface area contributed by atoms with E-state index in [2.05, 4.69) is 18.5 Å². The average molecular weight is 503 g/mol. The van der Waals surface area contributed by atoms with Crippen molar-refractivity contribution in [1.82, 2.24) is 15.1 Å². The maximum atomic E-state index is 13.2. The molecule has 0 radical (unpaired) electrons. The van der Waals surface area contributed by atoms with Gasteiger partial charge in [-0.25, -0.2) is 0 Å². The van der Waals surface area contributed by atoms with Crippen LogP contribution in [0.3, 0.4) is 0 Å². The third-order valence-corrected chi connectivity index (χ3v) is 6.69. The van der Waals surface area contributed by atoms with Crippen LogP contribution in [0.15, 0.2) is 61.0 Å². The second-order valence-corrected chi connectivity index (χ2v) is 9.31. The van der Waals surface area contributed by atoms with E-state index < -0.39 is 11.8 Å². The van der Waals surface area contributed by atoms with Gasteiger partial charge in [0.15, 0.2) is 0 Å². The van der Waals surface area contributed by atoms with Crippen LogP contribution in [0.5, 0.6) is 5.75 Å². The smallest absolute Gasteiger partial charge is 0.271 e. The van der Waals surface area contributed by atoms with E-state index in [9.17, 15) is 19.2 Å². The number of anilines is 1. The molecule has 2 aliphatic rings. The Bertz CT molecular complexity index is 1350. The minimum atomic E-state index is -0.676. The lowest BCUT2D eigenvalue weighted by Crippen LogP contribution is -2.41. The van der Waals surface area contributed by atoms with Gasteiger partial charge in [0.2, 0.25) is 5.91 Å². The van der Waals surface area contributed by atoms with Crippen molar-refractivity contribution >= 4 is 29.3 Å². The van der Waals surface area contributed by atoms with Crippen LogP contribution in [0.25, 0.3) is 11.1 Å². The molecular formula is C28H30N4O5. The van der Waals surface area contributed by atoms with Crippen LogP contribution in [0.4, 0.5) is 5.69 Å². The van der Waals surface area contributed by atoms with Gasteiger partial charge in [-0.2, -0.15) is 0 Å². The molecule has 0 spiro atoms. The maximum Gasteiger partial charge on any atom is 0.271 e. The Morgan fingerprint density at radius 2 is 1.78 bits per heavy atom. The van der Waals surface area contributed by atoms with E-state index in [1.165, 1.54) is 16.7 Å². The predicted molar refractivity (Wildman–Crippen MR) is 140 cm³/mol. The molecule has 2 aliphatic heterocycles. The highest BCUT2D eigenvalue weighted by Crippen LogP contribution is 2.39. The van der Waals surface area contributed by atoms with Gasteiger partial charge in [-0.3, -0.25) is 24.1 Å². The molecule has 192 valence electrons. The van der Waals surface area contributed by atoms with Crippen molar-refractivity contribution in [3.63, 3.8) is 0 Å². The van der Waals surface area contributed by atoms with Crippen LogP contribution in [0.2, 0.25) is 0 Å². The lowest BCUT2D eigenvalue weighted by atomic mass is 9.96. The lowest BCUT2D eigenvalue weighted by molar-refractivity contribution is -0.129. The van der Waals surface area contributed by atoms with Crippen LogP contribution in [-0.4, -0.2) is 59.7 Å². The minimum absolute atomic E-state index is 0.0591. The standard InChI is InChI=1S/C28H30N4O5/c1-16(2)30(6)27(35)17(3)29-26(34)18(4)32-15-23-21(8-7-9-22(23)28(32)36)20-10-11-24-25(14-20)37-13-12-31(24)19(5)33/h7-11,14,16H,3-4,12-13,15H2,1-2,5-6H3,(H,29,34). The fourth-order valence-electron chi connectivity index (χ4n) is 4.37. The summed E-state index contributed by atoms with van der Waals surface area (Å²) in [5.41, 5.74) is 3.36. The molecule has 9 nitrogen and oxygen atoms in total. The number of likely N-dealkylation sites (N-methyl/N-ethyl adjacent to an activating group) is 1. The Labute approximate surface area is 216 Å². The van der Waals surface area contributed by atoms with E-state index in [0.717, 1.165) is 16.7 Å². The third-order valence-electron chi connectivity index (χ3n) is 6.69. The van der Waals surface area contributed by atoms with Crippen molar-refractivity contribution in [2.75, 3.05) is 25.1 Å². The Morgan fingerprint density at radius 3 is 2.46 bits per heavy atom. The molecule has 0 saturated heterocycles. The highest BCUT2D eigenvalue weighted by atomic mass is 16.5. The molecule has 4 rings (SSSR count). The van der Waals surface area contributed by atoms with Crippen LogP contribution in [0.1, 0.15) is 36.7 Å². The van der Waals surface area contributed by atoms with Gasteiger partial charge < -0.3 is 19.9 Å². The van der Waals surface area contributed by atoms with Gasteiger partial charge >= 0.3 is 0 Å². The Hall–Kier alpha value is -4.40. The summed E-state index contributed by atoms with van der Waals surface area (Å²) in [6.07, 6.45) is 0. The molecule has 0 bridgehead atoms. The molecule has 0 atom stereocenters. The number of carbonyl (C=O) groups is 4. The van der Waals surface area contributed by atoms with Gasteiger partial charge in [0, 0.05) is 25.6 Å². The first-order chi connectivity index (χ1) is 17.5. The van der Waals surface area contributed by atoms with Crippen molar-refractivity contribution in [2.45, 2.75) is 33.4 Å². The number of benzene rings is 2. The van der Waals surface area contributed by atoms with Crippen LogP contribution in [0, 0.1) is 0 Å². The highest BCUT2D eigenvalue weighted by molar-refractivity contribution is 6.08. The number of nitrogens with zero attached hydrogens (tertiary/aromatic N) is 3. The maximum absolute atomic E-state index is 13.2. The van der Waals surface area contributed by atoms with Crippen molar-refractivity contribution in [3.05, 3.63) is 72.1 Å². The average Bonchev–Trinajstić information content (AvgIpc) is 3.22. The summed E-state index contributed by atoms with van der Waals surface area (Å²) in [5, 5.41) is 2.47.